The SMILES string of the molecule is COc1ccc(OC2CCN(C)C2=O)c(CNC(C)C)c1. The number of amides is 1. The van der Waals surface area contributed by atoms with Crippen molar-refractivity contribution in [3.63, 3.8) is 0 Å². The van der Waals surface area contributed by atoms with E-state index >= 15 is 0 Å². The van der Waals surface area contributed by atoms with Gasteiger partial charge in [-0.05, 0) is 18.2 Å². The zero-order chi connectivity index (χ0) is 15.4. The number of hydrogen-bond acceptors (Lipinski definition) is 4. The smallest absolute Gasteiger partial charge is 0.263 e. The number of nitrogens with zero attached hydrogens (tertiary/aromatic N) is 1. The van der Waals surface area contributed by atoms with Crippen molar-refractivity contribution in [2.24, 2.45) is 0 Å². The van der Waals surface area contributed by atoms with Crippen LogP contribution in [0.15, 0.2) is 18.2 Å². The molecule has 1 unspecified atom stereocenters. The number of carbonyl (C=O) groups excluding carboxylic acids is 1. The van der Waals surface area contributed by atoms with E-state index in [0.717, 1.165) is 30.0 Å². The van der Waals surface area contributed by atoms with E-state index in [0.29, 0.717) is 12.6 Å². The summed E-state index contributed by atoms with van der Waals surface area (Å²) in [7, 11) is 3.45. The molecule has 0 saturated carbocycles. The number of rotatable bonds is 6. The van der Waals surface area contributed by atoms with Crippen LogP contribution in [-0.4, -0.2) is 43.7 Å². The highest BCUT2D eigenvalue weighted by molar-refractivity contribution is 5.83. The van der Waals surface area contributed by atoms with E-state index in [1.165, 1.54) is 0 Å². The molecule has 0 radical (unpaired) electrons. The Bertz CT molecular complexity index is 502. The second-order valence-electron chi connectivity index (χ2n) is 5.66. The summed E-state index contributed by atoms with van der Waals surface area (Å²) in [6, 6.07) is 6.07. The maximum Gasteiger partial charge on any atom is 0.263 e. The Morgan fingerprint density at radius 3 is 2.76 bits per heavy atom. The molecular weight excluding hydrogens is 268 g/mol. The molecule has 1 aliphatic heterocycles. The summed E-state index contributed by atoms with van der Waals surface area (Å²) in [4.78, 5) is 13.7. The molecule has 0 spiro atoms. The average molecular weight is 292 g/mol. The third-order valence-electron chi connectivity index (χ3n) is 3.62. The Balaban J connectivity index is 2.15. The van der Waals surface area contributed by atoms with Gasteiger partial charge in [-0.3, -0.25) is 4.79 Å². The summed E-state index contributed by atoms with van der Waals surface area (Å²) in [5, 5.41) is 3.37. The highest BCUT2D eigenvalue weighted by Gasteiger charge is 2.31. The van der Waals surface area contributed by atoms with Gasteiger partial charge >= 0.3 is 0 Å². The predicted octanol–water partition coefficient (Wildman–Crippen LogP) is 1.80. The van der Waals surface area contributed by atoms with Crippen molar-refractivity contribution in [1.29, 1.82) is 0 Å². The van der Waals surface area contributed by atoms with Crippen LogP contribution in [0.2, 0.25) is 0 Å². The third-order valence-corrected chi connectivity index (χ3v) is 3.62. The fraction of sp³-hybridized carbons (Fsp3) is 0.562. The van der Waals surface area contributed by atoms with Gasteiger partial charge in [-0.2, -0.15) is 0 Å². The molecule has 1 N–H and O–H groups in total. The standard InChI is InChI=1S/C16H24N2O3/c1-11(2)17-10-12-9-13(20-4)5-6-14(12)21-15-7-8-18(3)16(15)19/h5-6,9,11,15,17H,7-8,10H2,1-4H3. The first kappa shape index (κ1) is 15.6. The van der Waals surface area contributed by atoms with E-state index < -0.39 is 0 Å². The number of benzene rings is 1. The lowest BCUT2D eigenvalue weighted by Crippen LogP contribution is -2.30. The Morgan fingerprint density at radius 2 is 2.19 bits per heavy atom. The van der Waals surface area contributed by atoms with Crippen molar-refractivity contribution in [3.05, 3.63) is 23.8 Å². The Kier molecular flexibility index (Phi) is 5.07. The minimum Gasteiger partial charge on any atom is -0.497 e. The molecule has 0 aromatic heterocycles. The largest absolute Gasteiger partial charge is 0.497 e. The number of likely N-dealkylation sites (N-methyl/N-ethyl adjacent to an activating group) is 1. The molecule has 1 fully saturated rings. The molecule has 21 heavy (non-hydrogen) atoms. The average Bonchev–Trinajstić information content (AvgIpc) is 2.78. The molecule has 1 aromatic carbocycles. The summed E-state index contributed by atoms with van der Waals surface area (Å²) < 4.78 is 11.2. The summed E-state index contributed by atoms with van der Waals surface area (Å²) in [6.45, 7) is 5.62. The fourth-order valence-corrected chi connectivity index (χ4v) is 2.30. The molecule has 1 aliphatic rings. The fourth-order valence-electron chi connectivity index (χ4n) is 2.30. The van der Waals surface area contributed by atoms with Crippen molar-refractivity contribution in [3.8, 4) is 11.5 Å². The van der Waals surface area contributed by atoms with E-state index in [9.17, 15) is 4.79 Å². The Labute approximate surface area is 126 Å². The minimum absolute atomic E-state index is 0.0496. The van der Waals surface area contributed by atoms with E-state index in [2.05, 4.69) is 19.2 Å². The quantitative estimate of drug-likeness (QED) is 0.868. The number of methoxy groups -OCH3 is 1. The van der Waals surface area contributed by atoms with Crippen molar-refractivity contribution in [2.75, 3.05) is 20.7 Å². The van der Waals surface area contributed by atoms with E-state index in [-0.39, 0.29) is 12.0 Å². The topological polar surface area (TPSA) is 50.8 Å². The van der Waals surface area contributed by atoms with Gasteiger partial charge in [0.25, 0.3) is 5.91 Å². The van der Waals surface area contributed by atoms with Gasteiger partial charge < -0.3 is 19.7 Å². The maximum absolute atomic E-state index is 12.0. The van der Waals surface area contributed by atoms with Crippen LogP contribution in [0, 0.1) is 0 Å². The van der Waals surface area contributed by atoms with Gasteiger partial charge in [0.2, 0.25) is 0 Å². The van der Waals surface area contributed by atoms with Gasteiger partial charge in [-0.25, -0.2) is 0 Å². The molecular formula is C16H24N2O3. The van der Waals surface area contributed by atoms with Crippen molar-refractivity contribution in [2.45, 2.75) is 39.0 Å². The number of likely N-dealkylation sites (tertiary alicyclic amines) is 1. The number of hydrogen-bond donors (Lipinski definition) is 1. The van der Waals surface area contributed by atoms with E-state index in [1.807, 2.05) is 18.2 Å². The first-order chi connectivity index (χ1) is 10.0. The highest BCUT2D eigenvalue weighted by Crippen LogP contribution is 2.27. The molecule has 2 rings (SSSR count). The number of nitrogens with one attached hydrogen (secondary N) is 1. The van der Waals surface area contributed by atoms with Crippen LogP contribution in [0.1, 0.15) is 25.8 Å². The predicted molar refractivity (Wildman–Crippen MR) is 81.6 cm³/mol. The lowest BCUT2D eigenvalue weighted by atomic mass is 10.1. The molecule has 5 heteroatoms. The second kappa shape index (κ2) is 6.80. The van der Waals surface area contributed by atoms with Gasteiger partial charge in [-0.1, -0.05) is 13.8 Å². The van der Waals surface area contributed by atoms with Gasteiger partial charge in [0, 0.05) is 38.2 Å². The summed E-state index contributed by atoms with van der Waals surface area (Å²) >= 11 is 0. The molecule has 1 atom stereocenters. The zero-order valence-corrected chi connectivity index (χ0v) is 13.2. The van der Waals surface area contributed by atoms with Crippen molar-refractivity contribution < 1.29 is 14.3 Å². The summed E-state index contributed by atoms with van der Waals surface area (Å²) in [5.41, 5.74) is 1.01. The van der Waals surface area contributed by atoms with Gasteiger partial charge in [0.05, 0.1) is 7.11 Å². The van der Waals surface area contributed by atoms with Crippen LogP contribution in [-0.2, 0) is 11.3 Å². The maximum atomic E-state index is 12.0. The van der Waals surface area contributed by atoms with Crippen LogP contribution >= 0.6 is 0 Å². The second-order valence-corrected chi connectivity index (χ2v) is 5.66. The first-order valence-electron chi connectivity index (χ1n) is 7.33. The monoisotopic (exact) mass is 292 g/mol. The van der Waals surface area contributed by atoms with Gasteiger partial charge in [0.1, 0.15) is 11.5 Å². The van der Waals surface area contributed by atoms with Crippen LogP contribution in [0.5, 0.6) is 11.5 Å². The minimum atomic E-state index is -0.374. The van der Waals surface area contributed by atoms with Crippen LogP contribution in [0.4, 0.5) is 0 Å². The van der Waals surface area contributed by atoms with Gasteiger partial charge in [-0.15, -0.1) is 0 Å². The third kappa shape index (κ3) is 3.88. The molecule has 0 bridgehead atoms. The Morgan fingerprint density at radius 1 is 1.43 bits per heavy atom. The molecule has 1 saturated heterocycles. The molecule has 1 amide bonds. The zero-order valence-electron chi connectivity index (χ0n) is 13.2. The van der Waals surface area contributed by atoms with Crippen molar-refractivity contribution >= 4 is 5.91 Å². The van der Waals surface area contributed by atoms with E-state index in [1.54, 1.807) is 19.1 Å². The summed E-state index contributed by atoms with van der Waals surface area (Å²) in [5.74, 6) is 1.59. The molecule has 5 nitrogen and oxygen atoms in total. The molecule has 0 aliphatic carbocycles. The first-order valence-corrected chi connectivity index (χ1v) is 7.33. The van der Waals surface area contributed by atoms with Crippen LogP contribution in [0.25, 0.3) is 0 Å². The van der Waals surface area contributed by atoms with Crippen LogP contribution < -0.4 is 14.8 Å². The highest BCUT2D eigenvalue weighted by atomic mass is 16.5. The number of carbonyl (C=O) groups is 1. The van der Waals surface area contributed by atoms with Crippen LogP contribution in [0.3, 0.4) is 0 Å². The van der Waals surface area contributed by atoms with Crippen molar-refractivity contribution in [1.82, 2.24) is 10.2 Å². The number of ether oxygens (including phenoxy) is 2. The normalized spacial score (nSPS) is 18.4. The van der Waals surface area contributed by atoms with Gasteiger partial charge in [0.15, 0.2) is 6.10 Å². The lowest BCUT2D eigenvalue weighted by molar-refractivity contribution is -0.132. The van der Waals surface area contributed by atoms with E-state index in [4.69, 9.17) is 9.47 Å². The molecule has 1 aromatic rings. The lowest BCUT2D eigenvalue weighted by Gasteiger charge is -2.18. The molecule has 1 heterocycles. The summed E-state index contributed by atoms with van der Waals surface area (Å²) in [6.07, 6.45) is 0.361. The Hall–Kier alpha value is -1.75. The molecule has 116 valence electrons.